The summed E-state index contributed by atoms with van der Waals surface area (Å²) in [5.74, 6) is -0.0848. The van der Waals surface area contributed by atoms with Crippen molar-refractivity contribution in [3.05, 3.63) is 35.9 Å². The van der Waals surface area contributed by atoms with E-state index in [4.69, 9.17) is 4.74 Å². The number of carbonyl (C=O) groups excluding carboxylic acids is 2. The second-order valence-electron chi connectivity index (χ2n) is 5.48. The van der Waals surface area contributed by atoms with Crippen LogP contribution in [0.4, 0.5) is 4.79 Å². The van der Waals surface area contributed by atoms with E-state index in [2.05, 4.69) is 21.2 Å². The van der Waals surface area contributed by atoms with Crippen LogP contribution in [0.25, 0.3) is 0 Å². The number of alkyl carbamates (subject to hydrolysis) is 1. The zero-order valence-electron chi connectivity index (χ0n) is 12.6. The molecule has 0 aliphatic heterocycles. The van der Waals surface area contributed by atoms with E-state index in [1.165, 1.54) is 0 Å². The number of amides is 2. The molecule has 1 rings (SSSR count). The van der Waals surface area contributed by atoms with E-state index in [1.807, 2.05) is 18.2 Å². The molecule has 0 radical (unpaired) electrons. The lowest BCUT2D eigenvalue weighted by molar-refractivity contribution is 0.0517. The summed E-state index contributed by atoms with van der Waals surface area (Å²) in [6, 6.07) is 9.02. The van der Waals surface area contributed by atoms with E-state index in [0.29, 0.717) is 24.1 Å². The second-order valence-corrected chi connectivity index (χ2v) is 5.98. The number of alkyl halides is 1. The molecule has 1 aromatic rings. The maximum Gasteiger partial charge on any atom is 0.407 e. The molecule has 6 heteroatoms. The van der Waals surface area contributed by atoms with Gasteiger partial charge in [0.1, 0.15) is 5.60 Å². The minimum absolute atomic E-state index is 0.0848. The minimum atomic E-state index is -0.529. The van der Waals surface area contributed by atoms with Gasteiger partial charge in [-0.15, -0.1) is 0 Å². The lowest BCUT2D eigenvalue weighted by Gasteiger charge is -2.22. The second kappa shape index (κ2) is 8.02. The van der Waals surface area contributed by atoms with Crippen molar-refractivity contribution < 1.29 is 14.3 Å². The van der Waals surface area contributed by atoms with Crippen LogP contribution in [0.1, 0.15) is 31.1 Å². The Kier molecular flexibility index (Phi) is 6.68. The predicted octanol–water partition coefficient (Wildman–Crippen LogP) is 3.01. The standard InChI is InChI=1S/C15H21BrN2O3/c1-15(2,3)21-14(20)17-9-10-18(11-16)13(19)12-7-5-4-6-8-12/h4-8H,9-11H2,1-3H3,(H,17,20). The summed E-state index contributed by atoms with van der Waals surface area (Å²) in [7, 11) is 0. The van der Waals surface area contributed by atoms with Crippen LogP contribution in [0.15, 0.2) is 30.3 Å². The first-order valence-corrected chi connectivity index (χ1v) is 7.83. The van der Waals surface area contributed by atoms with Crippen LogP contribution < -0.4 is 5.32 Å². The normalized spacial score (nSPS) is 10.9. The highest BCUT2D eigenvalue weighted by Gasteiger charge is 2.17. The Bertz CT molecular complexity index is 472. The fourth-order valence-corrected chi connectivity index (χ4v) is 2.06. The van der Waals surface area contributed by atoms with Gasteiger partial charge in [0.2, 0.25) is 0 Å². The van der Waals surface area contributed by atoms with Crippen molar-refractivity contribution >= 4 is 27.9 Å². The third-order valence-electron chi connectivity index (χ3n) is 2.50. The average molecular weight is 357 g/mol. The highest BCUT2D eigenvalue weighted by atomic mass is 79.9. The molecule has 5 nitrogen and oxygen atoms in total. The first kappa shape index (κ1) is 17.5. The molecule has 0 heterocycles. The Labute approximate surface area is 133 Å². The molecule has 0 atom stereocenters. The van der Waals surface area contributed by atoms with Crippen LogP contribution in [0.5, 0.6) is 0 Å². The Morgan fingerprint density at radius 1 is 1.24 bits per heavy atom. The van der Waals surface area contributed by atoms with Gasteiger partial charge in [-0.2, -0.15) is 0 Å². The van der Waals surface area contributed by atoms with Gasteiger partial charge in [-0.3, -0.25) is 4.79 Å². The predicted molar refractivity (Wildman–Crippen MR) is 85.5 cm³/mol. The molecule has 0 spiro atoms. The highest BCUT2D eigenvalue weighted by molar-refractivity contribution is 9.09. The third kappa shape index (κ3) is 6.62. The average Bonchev–Trinajstić information content (AvgIpc) is 2.42. The van der Waals surface area contributed by atoms with E-state index in [1.54, 1.807) is 37.8 Å². The van der Waals surface area contributed by atoms with Gasteiger partial charge in [-0.1, -0.05) is 34.1 Å². The number of hydrogen-bond donors (Lipinski definition) is 1. The molecule has 0 aromatic heterocycles. The maximum atomic E-state index is 12.2. The number of carbonyl (C=O) groups is 2. The van der Waals surface area contributed by atoms with Gasteiger partial charge in [0.25, 0.3) is 5.91 Å². The molecule has 0 aliphatic carbocycles. The first-order valence-electron chi connectivity index (χ1n) is 6.70. The molecular formula is C15H21BrN2O3. The molecule has 0 fully saturated rings. The lowest BCUT2D eigenvalue weighted by atomic mass is 10.2. The van der Waals surface area contributed by atoms with Gasteiger partial charge in [0, 0.05) is 18.7 Å². The van der Waals surface area contributed by atoms with E-state index in [0.717, 1.165) is 0 Å². The molecule has 0 saturated carbocycles. The molecule has 1 aromatic carbocycles. The van der Waals surface area contributed by atoms with E-state index >= 15 is 0 Å². The molecule has 2 amide bonds. The maximum absolute atomic E-state index is 12.2. The van der Waals surface area contributed by atoms with E-state index in [-0.39, 0.29) is 5.91 Å². The molecular weight excluding hydrogens is 336 g/mol. The quantitative estimate of drug-likeness (QED) is 0.651. The molecule has 116 valence electrons. The van der Waals surface area contributed by atoms with Gasteiger partial charge in [0.15, 0.2) is 0 Å². The fraction of sp³-hybridized carbons (Fsp3) is 0.467. The molecule has 0 unspecified atom stereocenters. The fourth-order valence-electron chi connectivity index (χ4n) is 1.59. The van der Waals surface area contributed by atoms with Gasteiger partial charge >= 0.3 is 6.09 Å². The zero-order chi connectivity index (χ0) is 15.9. The largest absolute Gasteiger partial charge is 0.444 e. The van der Waals surface area contributed by atoms with Crippen molar-refractivity contribution in [2.75, 3.05) is 18.5 Å². The summed E-state index contributed by atoms with van der Waals surface area (Å²) < 4.78 is 5.13. The highest BCUT2D eigenvalue weighted by Crippen LogP contribution is 2.07. The summed E-state index contributed by atoms with van der Waals surface area (Å²) in [6.07, 6.45) is -0.482. The lowest BCUT2D eigenvalue weighted by Crippen LogP contribution is -2.39. The van der Waals surface area contributed by atoms with E-state index < -0.39 is 11.7 Å². The number of benzene rings is 1. The number of nitrogens with one attached hydrogen (secondary N) is 1. The number of hydrogen-bond acceptors (Lipinski definition) is 3. The Balaban J connectivity index is 2.45. The van der Waals surface area contributed by atoms with Crippen LogP contribution in [0.2, 0.25) is 0 Å². The smallest absolute Gasteiger partial charge is 0.407 e. The van der Waals surface area contributed by atoms with E-state index in [9.17, 15) is 9.59 Å². The summed E-state index contributed by atoms with van der Waals surface area (Å²) in [5, 5.41) is 2.63. The number of ether oxygens (including phenoxy) is 1. The Hall–Kier alpha value is -1.56. The van der Waals surface area contributed by atoms with Crippen molar-refractivity contribution in [2.24, 2.45) is 0 Å². The molecule has 0 aliphatic rings. The zero-order valence-corrected chi connectivity index (χ0v) is 14.1. The molecule has 0 saturated heterocycles. The number of nitrogens with zero attached hydrogens (tertiary/aromatic N) is 1. The minimum Gasteiger partial charge on any atom is -0.444 e. The summed E-state index contributed by atoms with van der Waals surface area (Å²) in [6.45, 7) is 6.14. The van der Waals surface area contributed by atoms with Gasteiger partial charge in [-0.05, 0) is 32.9 Å². The van der Waals surface area contributed by atoms with Crippen molar-refractivity contribution in [1.82, 2.24) is 10.2 Å². The van der Waals surface area contributed by atoms with Crippen LogP contribution >= 0.6 is 15.9 Å². The van der Waals surface area contributed by atoms with Gasteiger partial charge in [0.05, 0.1) is 5.45 Å². The van der Waals surface area contributed by atoms with Crippen molar-refractivity contribution in [3.8, 4) is 0 Å². The number of rotatable bonds is 5. The molecule has 1 N–H and O–H groups in total. The van der Waals surface area contributed by atoms with Gasteiger partial charge < -0.3 is 15.0 Å². The SMILES string of the molecule is CC(C)(C)OC(=O)NCCN(CBr)C(=O)c1ccccc1. The molecule has 21 heavy (non-hydrogen) atoms. The Morgan fingerprint density at radius 3 is 2.38 bits per heavy atom. The van der Waals surface area contributed by atoms with Crippen molar-refractivity contribution in [2.45, 2.75) is 26.4 Å². The van der Waals surface area contributed by atoms with Crippen LogP contribution in [-0.2, 0) is 4.74 Å². The van der Waals surface area contributed by atoms with Crippen LogP contribution in [0, 0.1) is 0 Å². The van der Waals surface area contributed by atoms with Gasteiger partial charge in [-0.25, -0.2) is 4.79 Å². The topological polar surface area (TPSA) is 58.6 Å². The first-order chi connectivity index (χ1) is 9.83. The van der Waals surface area contributed by atoms with Crippen LogP contribution in [-0.4, -0.2) is 41.0 Å². The summed E-state index contributed by atoms with van der Waals surface area (Å²) in [5.41, 5.74) is 0.490. The third-order valence-corrected chi connectivity index (χ3v) is 3.11. The monoisotopic (exact) mass is 356 g/mol. The molecule has 0 bridgehead atoms. The van der Waals surface area contributed by atoms with Crippen molar-refractivity contribution in [3.63, 3.8) is 0 Å². The summed E-state index contributed by atoms with van der Waals surface area (Å²) in [4.78, 5) is 25.4. The van der Waals surface area contributed by atoms with Crippen LogP contribution in [0.3, 0.4) is 0 Å². The summed E-state index contributed by atoms with van der Waals surface area (Å²) >= 11 is 3.29. The Morgan fingerprint density at radius 2 is 1.86 bits per heavy atom. The van der Waals surface area contributed by atoms with Crippen molar-refractivity contribution in [1.29, 1.82) is 0 Å². The number of halogens is 1.